The molecular weight excluding hydrogens is 314 g/mol. The summed E-state index contributed by atoms with van der Waals surface area (Å²) < 4.78 is 0. The molecule has 134 valence electrons. The van der Waals surface area contributed by atoms with Crippen molar-refractivity contribution in [1.82, 2.24) is 15.1 Å². The van der Waals surface area contributed by atoms with Gasteiger partial charge < -0.3 is 15.1 Å². The van der Waals surface area contributed by atoms with Gasteiger partial charge in [-0.05, 0) is 57.6 Å². The van der Waals surface area contributed by atoms with Crippen LogP contribution in [0.2, 0.25) is 0 Å². The Morgan fingerprint density at radius 1 is 1.04 bits per heavy atom. The van der Waals surface area contributed by atoms with Crippen LogP contribution in [0.5, 0.6) is 0 Å². The lowest BCUT2D eigenvalue weighted by Crippen LogP contribution is -2.47. The fraction of sp³-hybridized carbons (Fsp3) is 0.650. The number of aryl methyl sites for hydroxylation is 1. The second-order valence-corrected chi connectivity index (χ2v) is 7.55. The molecule has 24 heavy (non-hydrogen) atoms. The SMILES string of the molecule is CN(C)CCN(CCCc1ccccc1)C(=S)NC1CCCCC1. The van der Waals surface area contributed by atoms with Gasteiger partial charge in [0.1, 0.15) is 0 Å². The van der Waals surface area contributed by atoms with E-state index in [0.717, 1.165) is 37.6 Å². The Balaban J connectivity index is 1.81. The fourth-order valence-corrected chi connectivity index (χ4v) is 3.62. The second-order valence-electron chi connectivity index (χ2n) is 7.16. The maximum atomic E-state index is 5.73. The van der Waals surface area contributed by atoms with Crippen molar-refractivity contribution in [3.63, 3.8) is 0 Å². The molecule has 0 radical (unpaired) electrons. The zero-order valence-electron chi connectivity index (χ0n) is 15.3. The van der Waals surface area contributed by atoms with Gasteiger partial charge in [-0.15, -0.1) is 0 Å². The number of hydrogen-bond acceptors (Lipinski definition) is 2. The van der Waals surface area contributed by atoms with Crippen LogP contribution in [0.25, 0.3) is 0 Å². The highest BCUT2D eigenvalue weighted by atomic mass is 32.1. The molecular formula is C20H33N3S. The van der Waals surface area contributed by atoms with Crippen LogP contribution >= 0.6 is 12.2 Å². The number of benzene rings is 1. The van der Waals surface area contributed by atoms with Crippen molar-refractivity contribution in [2.45, 2.75) is 51.0 Å². The molecule has 0 heterocycles. The van der Waals surface area contributed by atoms with Gasteiger partial charge in [-0.25, -0.2) is 0 Å². The first-order chi connectivity index (χ1) is 11.6. The van der Waals surface area contributed by atoms with Gasteiger partial charge in [0, 0.05) is 25.7 Å². The predicted octanol–water partition coefficient (Wildman–Crippen LogP) is 3.69. The number of likely N-dealkylation sites (N-methyl/N-ethyl adjacent to an activating group) is 1. The van der Waals surface area contributed by atoms with Crippen molar-refractivity contribution in [3.05, 3.63) is 35.9 Å². The smallest absolute Gasteiger partial charge is 0.169 e. The lowest BCUT2D eigenvalue weighted by molar-refractivity contribution is 0.316. The van der Waals surface area contributed by atoms with E-state index >= 15 is 0 Å². The van der Waals surface area contributed by atoms with Crippen LogP contribution in [-0.2, 0) is 6.42 Å². The molecule has 1 N–H and O–H groups in total. The molecule has 0 amide bonds. The number of thiocarbonyl (C=S) groups is 1. The molecule has 1 fully saturated rings. The number of nitrogens with one attached hydrogen (secondary N) is 1. The Labute approximate surface area is 153 Å². The van der Waals surface area contributed by atoms with Crippen LogP contribution in [0.4, 0.5) is 0 Å². The maximum absolute atomic E-state index is 5.73. The van der Waals surface area contributed by atoms with E-state index in [0.29, 0.717) is 6.04 Å². The van der Waals surface area contributed by atoms with Crippen molar-refractivity contribution >= 4 is 17.3 Å². The van der Waals surface area contributed by atoms with E-state index in [2.05, 4.69) is 59.5 Å². The Morgan fingerprint density at radius 3 is 2.42 bits per heavy atom. The monoisotopic (exact) mass is 347 g/mol. The van der Waals surface area contributed by atoms with Gasteiger partial charge in [-0.3, -0.25) is 0 Å². The molecule has 0 spiro atoms. The molecule has 1 aliphatic carbocycles. The molecule has 2 rings (SSSR count). The minimum absolute atomic E-state index is 0.585. The largest absolute Gasteiger partial charge is 0.360 e. The summed E-state index contributed by atoms with van der Waals surface area (Å²) >= 11 is 5.73. The van der Waals surface area contributed by atoms with Crippen molar-refractivity contribution < 1.29 is 0 Å². The van der Waals surface area contributed by atoms with Crippen molar-refractivity contribution in [2.75, 3.05) is 33.7 Å². The Morgan fingerprint density at radius 2 is 1.75 bits per heavy atom. The molecule has 1 aliphatic rings. The second kappa shape index (κ2) is 10.7. The molecule has 1 aromatic carbocycles. The van der Waals surface area contributed by atoms with Crippen molar-refractivity contribution in [1.29, 1.82) is 0 Å². The minimum Gasteiger partial charge on any atom is -0.360 e. The van der Waals surface area contributed by atoms with E-state index in [-0.39, 0.29) is 0 Å². The van der Waals surface area contributed by atoms with E-state index in [1.54, 1.807) is 0 Å². The van der Waals surface area contributed by atoms with Gasteiger partial charge in [0.25, 0.3) is 0 Å². The highest BCUT2D eigenvalue weighted by molar-refractivity contribution is 7.80. The summed E-state index contributed by atoms with van der Waals surface area (Å²) in [6, 6.07) is 11.3. The minimum atomic E-state index is 0.585. The Kier molecular flexibility index (Phi) is 8.54. The predicted molar refractivity (Wildman–Crippen MR) is 107 cm³/mol. The third-order valence-corrected chi connectivity index (χ3v) is 5.15. The van der Waals surface area contributed by atoms with Gasteiger partial charge in [0.15, 0.2) is 5.11 Å². The third-order valence-electron chi connectivity index (χ3n) is 4.77. The van der Waals surface area contributed by atoms with Crippen LogP contribution in [0.15, 0.2) is 30.3 Å². The van der Waals surface area contributed by atoms with E-state index in [9.17, 15) is 0 Å². The number of nitrogens with zero attached hydrogens (tertiary/aromatic N) is 2. The summed E-state index contributed by atoms with van der Waals surface area (Å²) in [5, 5.41) is 4.59. The summed E-state index contributed by atoms with van der Waals surface area (Å²) in [6.45, 7) is 3.07. The molecule has 4 heteroatoms. The molecule has 1 saturated carbocycles. The van der Waals surface area contributed by atoms with Gasteiger partial charge in [-0.2, -0.15) is 0 Å². The van der Waals surface area contributed by atoms with Crippen LogP contribution in [0, 0.1) is 0 Å². The van der Waals surface area contributed by atoms with E-state index in [4.69, 9.17) is 12.2 Å². The summed E-state index contributed by atoms with van der Waals surface area (Å²) in [5.74, 6) is 0. The summed E-state index contributed by atoms with van der Waals surface area (Å²) in [6.07, 6.45) is 8.86. The first-order valence-corrected chi connectivity index (χ1v) is 9.80. The average molecular weight is 348 g/mol. The molecule has 0 bridgehead atoms. The highest BCUT2D eigenvalue weighted by Gasteiger charge is 2.17. The van der Waals surface area contributed by atoms with Crippen LogP contribution < -0.4 is 5.32 Å². The lowest BCUT2D eigenvalue weighted by atomic mass is 9.96. The van der Waals surface area contributed by atoms with Gasteiger partial charge in [0.05, 0.1) is 0 Å². The zero-order valence-corrected chi connectivity index (χ0v) is 16.2. The summed E-state index contributed by atoms with van der Waals surface area (Å²) in [5.41, 5.74) is 1.41. The molecule has 0 saturated heterocycles. The number of rotatable bonds is 8. The topological polar surface area (TPSA) is 18.5 Å². The van der Waals surface area contributed by atoms with E-state index in [1.807, 2.05) is 0 Å². The standard InChI is InChI=1S/C20H33N3S/c1-22(2)16-17-23(15-9-12-18-10-5-3-6-11-18)20(24)21-19-13-7-4-8-14-19/h3,5-6,10-11,19H,4,7-9,12-17H2,1-2H3,(H,21,24). The van der Waals surface area contributed by atoms with Gasteiger partial charge >= 0.3 is 0 Å². The first kappa shape index (κ1) is 19.2. The molecule has 1 aromatic rings. The molecule has 0 unspecified atom stereocenters. The van der Waals surface area contributed by atoms with Crippen LogP contribution in [-0.4, -0.2) is 54.7 Å². The zero-order chi connectivity index (χ0) is 17.2. The van der Waals surface area contributed by atoms with Crippen molar-refractivity contribution in [2.24, 2.45) is 0 Å². The third kappa shape index (κ3) is 7.18. The average Bonchev–Trinajstić information content (AvgIpc) is 2.59. The maximum Gasteiger partial charge on any atom is 0.169 e. The fourth-order valence-electron chi connectivity index (χ4n) is 3.27. The Hall–Kier alpha value is -1.13. The quantitative estimate of drug-likeness (QED) is 0.723. The molecule has 3 nitrogen and oxygen atoms in total. The van der Waals surface area contributed by atoms with Gasteiger partial charge in [0.2, 0.25) is 0 Å². The van der Waals surface area contributed by atoms with Crippen LogP contribution in [0.1, 0.15) is 44.1 Å². The van der Waals surface area contributed by atoms with Crippen LogP contribution in [0.3, 0.4) is 0 Å². The van der Waals surface area contributed by atoms with Crippen molar-refractivity contribution in [3.8, 4) is 0 Å². The first-order valence-electron chi connectivity index (χ1n) is 9.39. The highest BCUT2D eigenvalue weighted by Crippen LogP contribution is 2.17. The van der Waals surface area contributed by atoms with E-state index < -0.39 is 0 Å². The Bertz CT molecular complexity index is 469. The molecule has 0 aromatic heterocycles. The summed E-state index contributed by atoms with van der Waals surface area (Å²) in [7, 11) is 4.25. The summed E-state index contributed by atoms with van der Waals surface area (Å²) in [4.78, 5) is 4.60. The van der Waals surface area contributed by atoms with Gasteiger partial charge in [-0.1, -0.05) is 49.6 Å². The molecule has 0 aliphatic heterocycles. The van der Waals surface area contributed by atoms with E-state index in [1.165, 1.54) is 37.7 Å². The number of hydrogen-bond donors (Lipinski definition) is 1. The molecule has 0 atom stereocenters. The normalized spacial score (nSPS) is 15.5. The lowest BCUT2D eigenvalue weighted by Gasteiger charge is -2.31.